The average Bonchev–Trinajstić information content (AvgIpc) is 3.13. The molecule has 1 aliphatic heterocycles. The molecule has 104 valence electrons. The van der Waals surface area contributed by atoms with Gasteiger partial charge < -0.3 is 5.32 Å². The van der Waals surface area contributed by atoms with Crippen molar-refractivity contribution in [3.05, 3.63) is 0 Å². The summed E-state index contributed by atoms with van der Waals surface area (Å²) in [5.74, 6) is 0.961. The molecular formula is C16H30N2. The summed E-state index contributed by atoms with van der Waals surface area (Å²) in [6.07, 6.45) is 9.88. The lowest BCUT2D eigenvalue weighted by Gasteiger charge is -2.53. The first-order valence-corrected chi connectivity index (χ1v) is 8.09. The highest BCUT2D eigenvalue weighted by Crippen LogP contribution is 2.46. The highest BCUT2D eigenvalue weighted by molar-refractivity contribution is 5.07. The monoisotopic (exact) mass is 250 g/mol. The van der Waals surface area contributed by atoms with Gasteiger partial charge in [0.25, 0.3) is 0 Å². The standard InChI is InChI=1S/C16H30N2/c1-4-14-11-17-16(9-5-6-10-16)12-18(14)15(2,3)13-7-8-13/h13-14,17H,4-12H2,1-3H3. The number of piperazine rings is 1. The summed E-state index contributed by atoms with van der Waals surface area (Å²) >= 11 is 0. The van der Waals surface area contributed by atoms with Gasteiger partial charge in [-0.1, -0.05) is 19.8 Å². The highest BCUT2D eigenvalue weighted by atomic mass is 15.3. The molecule has 0 amide bonds. The third-order valence-electron chi connectivity index (χ3n) is 5.98. The molecule has 1 atom stereocenters. The summed E-state index contributed by atoms with van der Waals surface area (Å²) in [5.41, 5.74) is 0.899. The van der Waals surface area contributed by atoms with E-state index in [0.717, 1.165) is 12.0 Å². The summed E-state index contributed by atoms with van der Waals surface area (Å²) in [5, 5.41) is 3.92. The first kappa shape index (κ1) is 12.9. The molecule has 1 unspecified atom stereocenters. The quantitative estimate of drug-likeness (QED) is 0.827. The smallest absolute Gasteiger partial charge is 0.0309 e. The predicted molar refractivity (Wildman–Crippen MR) is 76.8 cm³/mol. The zero-order chi connectivity index (χ0) is 12.8. The van der Waals surface area contributed by atoms with E-state index in [9.17, 15) is 0 Å². The molecule has 0 radical (unpaired) electrons. The number of rotatable bonds is 3. The molecule has 3 rings (SSSR count). The molecule has 0 aromatic rings. The zero-order valence-electron chi connectivity index (χ0n) is 12.5. The minimum Gasteiger partial charge on any atom is -0.308 e. The molecule has 0 aromatic heterocycles. The maximum atomic E-state index is 3.92. The van der Waals surface area contributed by atoms with Gasteiger partial charge in [0, 0.05) is 30.2 Å². The van der Waals surface area contributed by atoms with Crippen molar-refractivity contribution < 1.29 is 0 Å². The zero-order valence-corrected chi connectivity index (χ0v) is 12.5. The molecule has 2 aliphatic carbocycles. The van der Waals surface area contributed by atoms with Gasteiger partial charge in [0.2, 0.25) is 0 Å². The summed E-state index contributed by atoms with van der Waals surface area (Å²) in [7, 11) is 0. The van der Waals surface area contributed by atoms with Crippen LogP contribution in [0.3, 0.4) is 0 Å². The number of hydrogen-bond donors (Lipinski definition) is 1. The average molecular weight is 250 g/mol. The van der Waals surface area contributed by atoms with Crippen LogP contribution >= 0.6 is 0 Å². The van der Waals surface area contributed by atoms with E-state index in [0.29, 0.717) is 11.1 Å². The Balaban J connectivity index is 1.79. The van der Waals surface area contributed by atoms with Crippen molar-refractivity contribution in [1.29, 1.82) is 0 Å². The molecule has 0 bridgehead atoms. The normalized spacial score (nSPS) is 33.2. The second-order valence-corrected chi connectivity index (χ2v) is 7.49. The lowest BCUT2D eigenvalue weighted by Crippen LogP contribution is -2.68. The Bertz CT molecular complexity index is 300. The van der Waals surface area contributed by atoms with E-state index < -0.39 is 0 Å². The Morgan fingerprint density at radius 2 is 1.89 bits per heavy atom. The lowest BCUT2D eigenvalue weighted by atomic mass is 9.85. The van der Waals surface area contributed by atoms with Crippen LogP contribution in [0.15, 0.2) is 0 Å². The third-order valence-corrected chi connectivity index (χ3v) is 5.98. The summed E-state index contributed by atoms with van der Waals surface area (Å²) in [6, 6.07) is 0.756. The summed E-state index contributed by atoms with van der Waals surface area (Å²) in [6.45, 7) is 9.87. The van der Waals surface area contributed by atoms with Crippen LogP contribution in [0.2, 0.25) is 0 Å². The van der Waals surface area contributed by atoms with Gasteiger partial charge >= 0.3 is 0 Å². The van der Waals surface area contributed by atoms with Crippen LogP contribution in [-0.4, -0.2) is 35.1 Å². The van der Waals surface area contributed by atoms with Crippen LogP contribution in [0.1, 0.15) is 65.7 Å². The predicted octanol–water partition coefficient (Wildman–Crippen LogP) is 3.17. The van der Waals surface area contributed by atoms with E-state index in [1.165, 1.54) is 58.0 Å². The highest BCUT2D eigenvalue weighted by Gasteiger charge is 2.49. The van der Waals surface area contributed by atoms with Crippen LogP contribution in [0.5, 0.6) is 0 Å². The molecule has 3 fully saturated rings. The van der Waals surface area contributed by atoms with Gasteiger partial charge in [-0.15, -0.1) is 0 Å². The van der Waals surface area contributed by atoms with Crippen molar-refractivity contribution >= 4 is 0 Å². The van der Waals surface area contributed by atoms with Crippen LogP contribution < -0.4 is 5.32 Å². The van der Waals surface area contributed by atoms with E-state index in [4.69, 9.17) is 0 Å². The molecule has 1 N–H and O–H groups in total. The van der Waals surface area contributed by atoms with E-state index in [-0.39, 0.29) is 0 Å². The largest absolute Gasteiger partial charge is 0.308 e. The summed E-state index contributed by atoms with van der Waals surface area (Å²) < 4.78 is 0. The molecule has 3 aliphatic rings. The van der Waals surface area contributed by atoms with Crippen LogP contribution in [0.4, 0.5) is 0 Å². The van der Waals surface area contributed by atoms with Crippen molar-refractivity contribution in [3.8, 4) is 0 Å². The van der Waals surface area contributed by atoms with Gasteiger partial charge in [-0.05, 0) is 51.9 Å². The van der Waals surface area contributed by atoms with E-state index in [2.05, 4.69) is 31.0 Å². The SMILES string of the molecule is CCC1CNC2(CCCC2)CN1C(C)(C)C1CC1. The molecule has 2 heteroatoms. The van der Waals surface area contributed by atoms with Gasteiger partial charge in [0.15, 0.2) is 0 Å². The molecule has 1 spiro atoms. The third kappa shape index (κ3) is 2.12. The Morgan fingerprint density at radius 3 is 2.44 bits per heavy atom. The van der Waals surface area contributed by atoms with Gasteiger partial charge in [-0.3, -0.25) is 4.90 Å². The van der Waals surface area contributed by atoms with Crippen LogP contribution in [-0.2, 0) is 0 Å². The Kier molecular flexibility index (Phi) is 3.22. The fourth-order valence-electron chi connectivity index (χ4n) is 4.41. The van der Waals surface area contributed by atoms with Crippen LogP contribution in [0.25, 0.3) is 0 Å². The minimum absolute atomic E-state index is 0.429. The van der Waals surface area contributed by atoms with Gasteiger partial charge in [0.1, 0.15) is 0 Å². The minimum atomic E-state index is 0.429. The molecule has 1 saturated heterocycles. The first-order chi connectivity index (χ1) is 8.57. The second kappa shape index (κ2) is 4.49. The maximum absolute atomic E-state index is 3.92. The maximum Gasteiger partial charge on any atom is 0.0309 e. The van der Waals surface area contributed by atoms with E-state index in [1.54, 1.807) is 0 Å². The number of nitrogens with one attached hydrogen (secondary N) is 1. The van der Waals surface area contributed by atoms with Crippen molar-refractivity contribution in [2.24, 2.45) is 5.92 Å². The lowest BCUT2D eigenvalue weighted by molar-refractivity contribution is -0.0115. The van der Waals surface area contributed by atoms with Crippen molar-refractivity contribution in [2.75, 3.05) is 13.1 Å². The fourth-order valence-corrected chi connectivity index (χ4v) is 4.41. The topological polar surface area (TPSA) is 15.3 Å². The number of nitrogens with zero attached hydrogens (tertiary/aromatic N) is 1. The Labute approximate surface area is 113 Å². The molecule has 0 aromatic carbocycles. The molecule has 2 saturated carbocycles. The first-order valence-electron chi connectivity index (χ1n) is 8.09. The van der Waals surface area contributed by atoms with Crippen molar-refractivity contribution in [1.82, 2.24) is 10.2 Å². The van der Waals surface area contributed by atoms with Gasteiger partial charge in [-0.25, -0.2) is 0 Å². The Hall–Kier alpha value is -0.0800. The van der Waals surface area contributed by atoms with E-state index in [1.807, 2.05) is 0 Å². The second-order valence-electron chi connectivity index (χ2n) is 7.49. The van der Waals surface area contributed by atoms with Gasteiger partial charge in [0.05, 0.1) is 0 Å². The molecule has 18 heavy (non-hydrogen) atoms. The number of hydrogen-bond acceptors (Lipinski definition) is 2. The molecule has 1 heterocycles. The van der Waals surface area contributed by atoms with Crippen LogP contribution in [0, 0.1) is 5.92 Å². The van der Waals surface area contributed by atoms with Crippen molar-refractivity contribution in [2.45, 2.75) is 82.8 Å². The molecular weight excluding hydrogens is 220 g/mol. The van der Waals surface area contributed by atoms with Gasteiger partial charge in [-0.2, -0.15) is 0 Å². The Morgan fingerprint density at radius 1 is 1.22 bits per heavy atom. The summed E-state index contributed by atoms with van der Waals surface area (Å²) in [4.78, 5) is 2.88. The molecule has 2 nitrogen and oxygen atoms in total. The fraction of sp³-hybridized carbons (Fsp3) is 1.00. The van der Waals surface area contributed by atoms with Crippen molar-refractivity contribution in [3.63, 3.8) is 0 Å². The van der Waals surface area contributed by atoms with E-state index >= 15 is 0 Å².